The molecule has 0 atom stereocenters. The van der Waals surface area contributed by atoms with Gasteiger partial charge in [0.05, 0.1) is 22.0 Å². The summed E-state index contributed by atoms with van der Waals surface area (Å²) >= 11 is 4.25. The van der Waals surface area contributed by atoms with Crippen molar-refractivity contribution in [3.05, 3.63) is 41.1 Å². The molecule has 0 bridgehead atoms. The van der Waals surface area contributed by atoms with Crippen LogP contribution in [-0.2, 0) is 4.79 Å². The number of benzene rings is 1. The SMILES string of the molecule is O=C(CSc1nnnn1-c1ccc2c(c1)OCCO2)Nc1nc(-c2cccs2)cs1. The number of hydrogen-bond donors (Lipinski definition) is 1. The molecule has 12 heteroatoms. The number of amides is 1. The van der Waals surface area contributed by atoms with Crippen LogP contribution < -0.4 is 14.8 Å². The fourth-order valence-electron chi connectivity index (χ4n) is 2.75. The van der Waals surface area contributed by atoms with Crippen molar-refractivity contribution in [3.63, 3.8) is 0 Å². The maximum absolute atomic E-state index is 12.4. The molecule has 3 aromatic heterocycles. The second-order valence-electron chi connectivity index (χ2n) is 6.05. The fraction of sp³-hybridized carbons (Fsp3) is 0.167. The Kier molecular flexibility index (Phi) is 5.34. The van der Waals surface area contributed by atoms with Gasteiger partial charge in [-0.1, -0.05) is 17.8 Å². The summed E-state index contributed by atoms with van der Waals surface area (Å²) < 4.78 is 12.7. The number of tetrazole rings is 1. The van der Waals surface area contributed by atoms with Gasteiger partial charge in [0.2, 0.25) is 11.1 Å². The molecule has 0 spiro atoms. The van der Waals surface area contributed by atoms with E-state index in [4.69, 9.17) is 9.47 Å². The zero-order chi connectivity index (χ0) is 20.3. The van der Waals surface area contributed by atoms with Crippen molar-refractivity contribution in [2.75, 3.05) is 24.3 Å². The lowest BCUT2D eigenvalue weighted by molar-refractivity contribution is -0.113. The molecule has 0 unspecified atom stereocenters. The molecule has 152 valence electrons. The molecule has 1 N–H and O–H groups in total. The summed E-state index contributed by atoms with van der Waals surface area (Å²) in [4.78, 5) is 17.9. The number of rotatable bonds is 6. The highest BCUT2D eigenvalue weighted by Gasteiger charge is 2.17. The van der Waals surface area contributed by atoms with Crippen LogP contribution in [0.3, 0.4) is 0 Å². The molecule has 1 amide bonds. The van der Waals surface area contributed by atoms with Gasteiger partial charge in [-0.05, 0) is 34.0 Å². The normalized spacial score (nSPS) is 12.7. The van der Waals surface area contributed by atoms with E-state index in [1.54, 1.807) is 16.0 Å². The molecule has 4 heterocycles. The fourth-order valence-corrected chi connectivity index (χ4v) is 4.93. The average molecular weight is 459 g/mol. The minimum Gasteiger partial charge on any atom is -0.486 e. The van der Waals surface area contributed by atoms with Crippen molar-refractivity contribution in [1.29, 1.82) is 0 Å². The highest BCUT2D eigenvalue weighted by atomic mass is 32.2. The number of anilines is 1. The first-order valence-electron chi connectivity index (χ1n) is 8.87. The molecular formula is C18H14N6O3S3. The summed E-state index contributed by atoms with van der Waals surface area (Å²) in [6.07, 6.45) is 0. The largest absolute Gasteiger partial charge is 0.486 e. The molecule has 0 aliphatic carbocycles. The highest BCUT2D eigenvalue weighted by Crippen LogP contribution is 2.33. The van der Waals surface area contributed by atoms with Crippen LogP contribution in [0.5, 0.6) is 11.5 Å². The lowest BCUT2D eigenvalue weighted by atomic mass is 10.2. The summed E-state index contributed by atoms with van der Waals surface area (Å²) in [5.74, 6) is 1.31. The van der Waals surface area contributed by atoms with E-state index in [1.165, 1.54) is 23.1 Å². The number of thiazole rings is 1. The first-order chi connectivity index (χ1) is 14.8. The van der Waals surface area contributed by atoms with Gasteiger partial charge >= 0.3 is 0 Å². The van der Waals surface area contributed by atoms with Crippen molar-refractivity contribution in [1.82, 2.24) is 25.2 Å². The molecule has 5 rings (SSSR count). The quantitative estimate of drug-likeness (QED) is 0.439. The van der Waals surface area contributed by atoms with Crippen LogP contribution in [0.2, 0.25) is 0 Å². The Labute approximate surface area is 183 Å². The summed E-state index contributed by atoms with van der Waals surface area (Å²) in [5.41, 5.74) is 1.59. The number of carbonyl (C=O) groups is 1. The molecular weight excluding hydrogens is 444 g/mol. The number of carbonyl (C=O) groups excluding carboxylic acids is 1. The van der Waals surface area contributed by atoms with Gasteiger partial charge in [-0.2, -0.15) is 4.68 Å². The summed E-state index contributed by atoms with van der Waals surface area (Å²) in [6.45, 7) is 1.03. The minimum absolute atomic E-state index is 0.152. The molecule has 1 aliphatic heterocycles. The Morgan fingerprint density at radius 2 is 2.10 bits per heavy atom. The molecule has 1 aromatic carbocycles. The lowest BCUT2D eigenvalue weighted by Crippen LogP contribution is -2.16. The van der Waals surface area contributed by atoms with E-state index in [1.807, 2.05) is 41.1 Å². The second kappa shape index (κ2) is 8.42. The van der Waals surface area contributed by atoms with E-state index in [0.717, 1.165) is 16.3 Å². The van der Waals surface area contributed by atoms with E-state index in [9.17, 15) is 4.79 Å². The zero-order valence-corrected chi connectivity index (χ0v) is 17.8. The van der Waals surface area contributed by atoms with Gasteiger partial charge in [0, 0.05) is 11.4 Å². The number of aromatic nitrogens is 5. The number of fused-ring (bicyclic) bond motifs is 1. The number of nitrogens with zero attached hydrogens (tertiary/aromatic N) is 5. The van der Waals surface area contributed by atoms with Crippen LogP contribution in [0.4, 0.5) is 5.13 Å². The summed E-state index contributed by atoms with van der Waals surface area (Å²) in [7, 11) is 0. The van der Waals surface area contributed by atoms with E-state index in [0.29, 0.717) is 35.0 Å². The monoisotopic (exact) mass is 458 g/mol. The van der Waals surface area contributed by atoms with Gasteiger partial charge < -0.3 is 14.8 Å². The van der Waals surface area contributed by atoms with Gasteiger partial charge in [0.25, 0.3) is 0 Å². The molecule has 4 aromatic rings. The first kappa shape index (κ1) is 19.0. The predicted octanol–water partition coefficient (Wildman–Crippen LogP) is 3.35. The number of thiophene rings is 1. The Morgan fingerprint density at radius 1 is 1.20 bits per heavy atom. The third kappa shape index (κ3) is 4.01. The molecule has 0 fully saturated rings. The van der Waals surface area contributed by atoms with Crippen molar-refractivity contribution >= 4 is 45.5 Å². The number of hydrogen-bond acceptors (Lipinski definition) is 10. The number of ether oxygens (including phenoxy) is 2. The van der Waals surface area contributed by atoms with Gasteiger partial charge in [-0.25, -0.2) is 4.98 Å². The van der Waals surface area contributed by atoms with E-state index < -0.39 is 0 Å². The van der Waals surface area contributed by atoms with Crippen LogP contribution >= 0.6 is 34.4 Å². The van der Waals surface area contributed by atoms with Gasteiger partial charge in [0.15, 0.2) is 16.6 Å². The molecule has 0 radical (unpaired) electrons. The maximum atomic E-state index is 12.4. The summed E-state index contributed by atoms with van der Waals surface area (Å²) in [5, 5.41) is 19.6. The van der Waals surface area contributed by atoms with Crippen LogP contribution in [0, 0.1) is 0 Å². The van der Waals surface area contributed by atoms with Crippen LogP contribution in [0.1, 0.15) is 0 Å². The first-order valence-corrected chi connectivity index (χ1v) is 11.6. The minimum atomic E-state index is -0.177. The van der Waals surface area contributed by atoms with E-state index in [-0.39, 0.29) is 11.7 Å². The van der Waals surface area contributed by atoms with Gasteiger partial charge in [0.1, 0.15) is 13.2 Å². The molecule has 30 heavy (non-hydrogen) atoms. The zero-order valence-electron chi connectivity index (χ0n) is 15.3. The maximum Gasteiger partial charge on any atom is 0.236 e. The van der Waals surface area contributed by atoms with Crippen molar-refractivity contribution in [2.24, 2.45) is 0 Å². The molecule has 0 saturated carbocycles. The standard InChI is InChI=1S/C18H14N6O3S3/c25-16(20-17-19-12(9-29-17)15-2-1-7-28-15)10-30-18-21-22-23-24(18)11-3-4-13-14(8-11)27-6-5-26-13/h1-4,7-9H,5-6,10H2,(H,19,20,25). The van der Waals surface area contributed by atoms with Crippen LogP contribution in [0.25, 0.3) is 16.3 Å². The van der Waals surface area contributed by atoms with Crippen LogP contribution in [-0.4, -0.2) is 50.1 Å². The van der Waals surface area contributed by atoms with Crippen LogP contribution in [0.15, 0.2) is 46.2 Å². The Balaban J connectivity index is 1.23. The van der Waals surface area contributed by atoms with E-state index >= 15 is 0 Å². The lowest BCUT2D eigenvalue weighted by Gasteiger charge is -2.18. The Bertz CT molecular complexity index is 1170. The molecule has 0 saturated heterocycles. The van der Waals surface area contributed by atoms with E-state index in [2.05, 4.69) is 25.8 Å². The molecule has 1 aliphatic rings. The third-order valence-corrected chi connectivity index (χ3v) is 6.64. The smallest absolute Gasteiger partial charge is 0.236 e. The third-order valence-electron chi connectivity index (χ3n) is 4.07. The van der Waals surface area contributed by atoms with Crippen molar-refractivity contribution in [3.8, 4) is 27.8 Å². The van der Waals surface area contributed by atoms with Crippen molar-refractivity contribution in [2.45, 2.75) is 5.16 Å². The molecule has 9 nitrogen and oxygen atoms in total. The Hall–Kier alpha value is -2.96. The predicted molar refractivity (Wildman–Crippen MR) is 115 cm³/mol. The topological polar surface area (TPSA) is 104 Å². The number of nitrogens with one attached hydrogen (secondary N) is 1. The highest BCUT2D eigenvalue weighted by molar-refractivity contribution is 7.99. The van der Waals surface area contributed by atoms with Gasteiger partial charge in [-0.3, -0.25) is 4.79 Å². The van der Waals surface area contributed by atoms with Gasteiger partial charge in [-0.15, -0.1) is 27.8 Å². The second-order valence-corrected chi connectivity index (χ2v) is 8.80. The number of thioether (sulfide) groups is 1. The summed E-state index contributed by atoms with van der Waals surface area (Å²) in [6, 6.07) is 9.45. The average Bonchev–Trinajstić information content (AvgIpc) is 3.53. The van der Waals surface area contributed by atoms with Crippen molar-refractivity contribution < 1.29 is 14.3 Å². The Morgan fingerprint density at radius 3 is 2.97 bits per heavy atom.